The molecule has 8 heteroatoms. The fraction of sp³-hybridized carbons (Fsp3) is 0.207. The Balaban J connectivity index is 1.47. The van der Waals surface area contributed by atoms with Gasteiger partial charge in [-0.2, -0.15) is 0 Å². The second kappa shape index (κ2) is 10.2. The Morgan fingerprint density at radius 3 is 2.65 bits per heavy atom. The van der Waals surface area contributed by atoms with Crippen LogP contribution in [0.1, 0.15) is 35.4 Å². The quantitative estimate of drug-likeness (QED) is 0.315. The highest BCUT2D eigenvalue weighted by Gasteiger charge is 2.40. The van der Waals surface area contributed by atoms with Crippen molar-refractivity contribution in [2.75, 3.05) is 0 Å². The molecule has 5 rings (SSSR count). The van der Waals surface area contributed by atoms with Crippen LogP contribution in [0.5, 0.6) is 11.5 Å². The van der Waals surface area contributed by atoms with Gasteiger partial charge in [-0.3, -0.25) is 9.69 Å². The highest BCUT2D eigenvalue weighted by atomic mass is 16.6. The number of carboxylic acids is 1. The van der Waals surface area contributed by atoms with Gasteiger partial charge in [0.25, 0.3) is 0 Å². The van der Waals surface area contributed by atoms with Gasteiger partial charge in [-0.15, -0.1) is 0 Å². The van der Waals surface area contributed by atoms with E-state index in [0.717, 1.165) is 22.4 Å². The van der Waals surface area contributed by atoms with Gasteiger partial charge in [-0.1, -0.05) is 42.5 Å². The summed E-state index contributed by atoms with van der Waals surface area (Å²) in [5, 5.41) is 9.15. The van der Waals surface area contributed by atoms with E-state index in [4.69, 9.17) is 14.6 Å². The average molecular weight is 498 g/mol. The molecule has 1 aromatic heterocycles. The number of rotatable bonds is 8. The van der Waals surface area contributed by atoms with Crippen LogP contribution in [0.4, 0.5) is 4.79 Å². The van der Waals surface area contributed by atoms with Gasteiger partial charge in [0.15, 0.2) is 0 Å². The first-order chi connectivity index (χ1) is 17.9. The van der Waals surface area contributed by atoms with E-state index in [1.807, 2.05) is 68.6 Å². The van der Waals surface area contributed by atoms with Crippen LogP contribution in [0.25, 0.3) is 11.4 Å². The topological polar surface area (TPSA) is 105 Å². The second-order valence-corrected chi connectivity index (χ2v) is 9.12. The summed E-state index contributed by atoms with van der Waals surface area (Å²) >= 11 is 0. The number of cyclic esters (lactones) is 1. The molecular formula is C29H27N3O5. The molecule has 2 heterocycles. The lowest BCUT2D eigenvalue weighted by molar-refractivity contribution is -0.136. The molecule has 2 atom stereocenters. The number of H-pyrrole nitrogens is 1. The van der Waals surface area contributed by atoms with Crippen LogP contribution in [0.15, 0.2) is 79.0 Å². The summed E-state index contributed by atoms with van der Waals surface area (Å²) in [7, 11) is 0. The second-order valence-electron chi connectivity index (χ2n) is 9.12. The molecule has 1 saturated heterocycles. The molecule has 0 aliphatic carbocycles. The Kier molecular flexibility index (Phi) is 6.64. The fourth-order valence-corrected chi connectivity index (χ4v) is 4.52. The third-order valence-corrected chi connectivity index (χ3v) is 6.38. The number of hydrogen-bond acceptors (Lipinski definition) is 5. The minimum atomic E-state index is -0.912. The van der Waals surface area contributed by atoms with E-state index in [0.29, 0.717) is 22.9 Å². The predicted molar refractivity (Wildman–Crippen MR) is 137 cm³/mol. The maximum atomic E-state index is 12.9. The summed E-state index contributed by atoms with van der Waals surface area (Å²) in [6.45, 7) is 4.15. The molecule has 188 valence electrons. The highest BCUT2D eigenvalue weighted by molar-refractivity contribution is 5.72. The van der Waals surface area contributed by atoms with Crippen molar-refractivity contribution < 1.29 is 24.2 Å². The molecule has 2 N–H and O–H groups in total. The number of nitrogens with one attached hydrogen (secondary N) is 1. The number of nitrogens with zero attached hydrogens (tertiary/aromatic N) is 2. The number of ether oxygens (including phenoxy) is 2. The van der Waals surface area contributed by atoms with E-state index in [2.05, 4.69) is 9.97 Å². The Labute approximate surface area is 214 Å². The van der Waals surface area contributed by atoms with Crippen molar-refractivity contribution in [3.05, 3.63) is 101 Å². The number of carbonyl (C=O) groups excluding carboxylic acids is 1. The van der Waals surface area contributed by atoms with Crippen LogP contribution in [-0.4, -0.2) is 38.1 Å². The summed E-state index contributed by atoms with van der Waals surface area (Å²) < 4.78 is 12.0. The Hall–Kier alpha value is -4.59. The van der Waals surface area contributed by atoms with Crippen molar-refractivity contribution in [1.29, 1.82) is 0 Å². The van der Waals surface area contributed by atoms with Crippen LogP contribution in [0, 0.1) is 6.92 Å². The Morgan fingerprint density at radius 2 is 1.92 bits per heavy atom. The molecule has 8 nitrogen and oxygen atoms in total. The van der Waals surface area contributed by atoms with Crippen molar-refractivity contribution in [1.82, 2.24) is 14.9 Å². The lowest BCUT2D eigenvalue weighted by Gasteiger charge is -2.22. The summed E-state index contributed by atoms with van der Waals surface area (Å²) in [5.74, 6) is 0.877. The molecule has 3 aromatic carbocycles. The van der Waals surface area contributed by atoms with Crippen LogP contribution >= 0.6 is 0 Å². The smallest absolute Gasteiger partial charge is 0.411 e. The number of carbonyl (C=O) groups is 2. The number of amides is 1. The number of imidazole rings is 1. The molecule has 1 aliphatic heterocycles. The summed E-state index contributed by atoms with van der Waals surface area (Å²) in [5.41, 5.74) is 4.08. The number of aryl methyl sites for hydroxylation is 1. The standard InChI is InChI=1S/C29H27N3O5/c1-18-16-30-28(31-18)22-11-12-25(36-24-10-6-7-20(13-24)14-26(33)34)23(15-22)17-32-19(2)27(37-29(32)35)21-8-4-3-5-9-21/h3-13,15-16,19,27H,14,17H2,1-2H3,(H,30,31)(H,33,34). The summed E-state index contributed by atoms with van der Waals surface area (Å²) in [4.78, 5) is 33.5. The minimum absolute atomic E-state index is 0.0984. The molecule has 37 heavy (non-hydrogen) atoms. The van der Waals surface area contributed by atoms with E-state index in [9.17, 15) is 9.59 Å². The zero-order valence-electron chi connectivity index (χ0n) is 20.5. The van der Waals surface area contributed by atoms with Crippen molar-refractivity contribution in [3.8, 4) is 22.9 Å². The molecule has 0 saturated carbocycles. The molecule has 4 aromatic rings. The summed E-state index contributed by atoms with van der Waals surface area (Å²) in [6.07, 6.45) is 0.966. The van der Waals surface area contributed by atoms with Crippen LogP contribution in [0.3, 0.4) is 0 Å². The number of aromatic amines is 1. The van der Waals surface area contributed by atoms with Crippen molar-refractivity contribution in [2.24, 2.45) is 0 Å². The monoisotopic (exact) mass is 497 g/mol. The number of aromatic nitrogens is 2. The first kappa shape index (κ1) is 24.1. The third kappa shape index (κ3) is 5.33. The first-order valence-electron chi connectivity index (χ1n) is 12.0. The molecule has 1 aliphatic rings. The van der Waals surface area contributed by atoms with E-state index in [1.165, 1.54) is 0 Å². The van der Waals surface area contributed by atoms with Gasteiger partial charge in [0, 0.05) is 17.3 Å². The van der Waals surface area contributed by atoms with Crippen LogP contribution in [0.2, 0.25) is 0 Å². The maximum absolute atomic E-state index is 12.9. The van der Waals surface area contributed by atoms with Gasteiger partial charge in [0.2, 0.25) is 0 Å². The van der Waals surface area contributed by atoms with Crippen LogP contribution in [-0.2, 0) is 22.5 Å². The molecular weight excluding hydrogens is 470 g/mol. The zero-order chi connectivity index (χ0) is 25.9. The average Bonchev–Trinajstić information content (AvgIpc) is 3.43. The van der Waals surface area contributed by atoms with Crippen molar-refractivity contribution in [3.63, 3.8) is 0 Å². The van der Waals surface area contributed by atoms with E-state index >= 15 is 0 Å². The first-order valence-corrected chi connectivity index (χ1v) is 12.0. The predicted octanol–water partition coefficient (Wildman–Crippen LogP) is 5.89. The molecule has 1 fully saturated rings. The van der Waals surface area contributed by atoms with E-state index < -0.39 is 12.1 Å². The van der Waals surface area contributed by atoms with Crippen molar-refractivity contribution >= 4 is 12.1 Å². The lowest BCUT2D eigenvalue weighted by atomic mass is 10.0. The summed E-state index contributed by atoms with van der Waals surface area (Å²) in [6, 6.07) is 22.2. The van der Waals surface area contributed by atoms with Gasteiger partial charge in [0.05, 0.1) is 24.7 Å². The van der Waals surface area contributed by atoms with Crippen LogP contribution < -0.4 is 4.74 Å². The van der Waals surface area contributed by atoms with E-state index in [1.54, 1.807) is 29.2 Å². The number of aliphatic carboxylic acids is 1. The maximum Gasteiger partial charge on any atom is 0.411 e. The number of benzene rings is 3. The van der Waals surface area contributed by atoms with Gasteiger partial charge < -0.3 is 19.6 Å². The van der Waals surface area contributed by atoms with Crippen molar-refractivity contribution in [2.45, 2.75) is 39.0 Å². The Morgan fingerprint density at radius 1 is 1.11 bits per heavy atom. The lowest BCUT2D eigenvalue weighted by Crippen LogP contribution is -2.31. The highest BCUT2D eigenvalue weighted by Crippen LogP contribution is 2.36. The molecule has 0 spiro atoms. The van der Waals surface area contributed by atoms with Gasteiger partial charge in [-0.05, 0) is 55.3 Å². The van der Waals surface area contributed by atoms with E-state index in [-0.39, 0.29) is 25.1 Å². The van der Waals surface area contributed by atoms with Gasteiger partial charge >= 0.3 is 12.1 Å². The normalized spacial score (nSPS) is 17.0. The molecule has 1 amide bonds. The number of carboxylic acid groups (broad SMARTS) is 1. The Bertz CT molecular complexity index is 1430. The molecule has 0 radical (unpaired) electrons. The largest absolute Gasteiger partial charge is 0.481 e. The SMILES string of the molecule is Cc1c[nH]c(-c2ccc(Oc3cccc(CC(=O)O)c3)c(CN3C(=O)OC(c4ccccc4)C3C)c2)n1. The zero-order valence-corrected chi connectivity index (χ0v) is 20.5. The molecule has 0 bridgehead atoms. The minimum Gasteiger partial charge on any atom is -0.481 e. The van der Waals surface area contributed by atoms with Gasteiger partial charge in [0.1, 0.15) is 23.4 Å². The van der Waals surface area contributed by atoms with Gasteiger partial charge in [-0.25, -0.2) is 9.78 Å². The third-order valence-electron chi connectivity index (χ3n) is 6.38. The fourth-order valence-electron chi connectivity index (χ4n) is 4.52. The number of hydrogen-bond donors (Lipinski definition) is 2. The molecule has 2 unspecified atom stereocenters.